The van der Waals surface area contributed by atoms with E-state index in [0.717, 1.165) is 59.2 Å². The predicted octanol–water partition coefficient (Wildman–Crippen LogP) is 6.08. The number of likely N-dealkylation sites (tertiary alicyclic amines) is 1. The standard InChI is InChI=1S/C28H31N3O2/c1-20-8-10-23(11-9-20)29-28(32)26-17-27-25(31(26)18-22-6-4-3-5-7-22)16-24(33-27)19-30-14-12-21(2)13-15-30/h3-11,16-17,21H,12-15,18-19H2,1-2H3,(H,29,32). The number of nitrogens with zero attached hydrogens (tertiary/aromatic N) is 2. The van der Waals surface area contributed by atoms with Crippen molar-refractivity contribution < 1.29 is 9.21 Å². The Morgan fingerprint density at radius 1 is 1.00 bits per heavy atom. The zero-order valence-electron chi connectivity index (χ0n) is 19.4. The van der Waals surface area contributed by atoms with Crippen LogP contribution in [-0.4, -0.2) is 28.5 Å². The van der Waals surface area contributed by atoms with Gasteiger partial charge in [-0.3, -0.25) is 9.69 Å². The van der Waals surface area contributed by atoms with Gasteiger partial charge in [0.1, 0.15) is 11.5 Å². The second-order valence-electron chi connectivity index (χ2n) is 9.34. The van der Waals surface area contributed by atoms with Crippen LogP contribution in [-0.2, 0) is 13.1 Å². The minimum absolute atomic E-state index is 0.132. The zero-order chi connectivity index (χ0) is 22.8. The number of furan rings is 1. The maximum Gasteiger partial charge on any atom is 0.272 e. The first-order valence-electron chi connectivity index (χ1n) is 11.8. The fourth-order valence-corrected chi connectivity index (χ4v) is 4.57. The monoisotopic (exact) mass is 441 g/mol. The lowest BCUT2D eigenvalue weighted by atomic mass is 9.99. The summed E-state index contributed by atoms with van der Waals surface area (Å²) < 4.78 is 8.30. The highest BCUT2D eigenvalue weighted by Gasteiger charge is 2.22. The summed E-state index contributed by atoms with van der Waals surface area (Å²) in [5.41, 5.74) is 5.43. The van der Waals surface area contributed by atoms with Crippen LogP contribution in [0.3, 0.4) is 0 Å². The van der Waals surface area contributed by atoms with Gasteiger partial charge in [-0.15, -0.1) is 0 Å². The first-order valence-corrected chi connectivity index (χ1v) is 11.8. The van der Waals surface area contributed by atoms with Crippen LogP contribution < -0.4 is 5.32 Å². The lowest BCUT2D eigenvalue weighted by molar-refractivity contribution is 0.101. The number of benzene rings is 2. The molecule has 33 heavy (non-hydrogen) atoms. The molecule has 1 saturated heterocycles. The Balaban J connectivity index is 1.44. The van der Waals surface area contributed by atoms with Crippen LogP contribution in [0, 0.1) is 12.8 Å². The van der Waals surface area contributed by atoms with E-state index in [1.807, 2.05) is 55.5 Å². The molecule has 5 heteroatoms. The maximum atomic E-state index is 13.2. The molecule has 1 aliphatic heterocycles. The molecular weight excluding hydrogens is 410 g/mol. The third-order valence-electron chi connectivity index (χ3n) is 6.62. The number of piperidine rings is 1. The van der Waals surface area contributed by atoms with Gasteiger partial charge in [0.15, 0.2) is 5.58 Å². The van der Waals surface area contributed by atoms with Crippen molar-refractivity contribution in [3.8, 4) is 0 Å². The van der Waals surface area contributed by atoms with Crippen molar-refractivity contribution in [1.82, 2.24) is 9.47 Å². The summed E-state index contributed by atoms with van der Waals surface area (Å²) in [5.74, 6) is 1.64. The average molecular weight is 442 g/mol. The van der Waals surface area contributed by atoms with Gasteiger partial charge in [-0.25, -0.2) is 0 Å². The third kappa shape index (κ3) is 4.88. The summed E-state index contributed by atoms with van der Waals surface area (Å²) in [6, 6.07) is 22.1. The van der Waals surface area contributed by atoms with E-state index in [1.165, 1.54) is 12.8 Å². The lowest BCUT2D eigenvalue weighted by Gasteiger charge is -2.29. The van der Waals surface area contributed by atoms with Gasteiger partial charge in [-0.1, -0.05) is 55.0 Å². The van der Waals surface area contributed by atoms with Gasteiger partial charge < -0.3 is 14.3 Å². The van der Waals surface area contributed by atoms with Crippen molar-refractivity contribution in [3.05, 3.63) is 89.3 Å². The molecule has 0 saturated carbocycles. The molecule has 0 atom stereocenters. The Kier molecular flexibility index (Phi) is 6.05. The van der Waals surface area contributed by atoms with Crippen LogP contribution in [0.5, 0.6) is 0 Å². The number of rotatable bonds is 6. The van der Waals surface area contributed by atoms with Crippen LogP contribution in [0.15, 0.2) is 71.1 Å². The zero-order valence-corrected chi connectivity index (χ0v) is 19.4. The summed E-state index contributed by atoms with van der Waals surface area (Å²) in [6.07, 6.45) is 2.48. The molecule has 3 heterocycles. The number of hydrogen-bond acceptors (Lipinski definition) is 3. The van der Waals surface area contributed by atoms with E-state index in [9.17, 15) is 4.79 Å². The number of hydrogen-bond donors (Lipinski definition) is 1. The summed E-state index contributed by atoms with van der Waals surface area (Å²) in [6.45, 7) is 8.01. The van der Waals surface area contributed by atoms with Gasteiger partial charge in [0.05, 0.1) is 12.1 Å². The number of aryl methyl sites for hydroxylation is 1. The number of amides is 1. The van der Waals surface area contributed by atoms with Crippen LogP contribution in [0.2, 0.25) is 0 Å². The number of fused-ring (bicyclic) bond motifs is 1. The van der Waals surface area contributed by atoms with E-state index in [4.69, 9.17) is 4.42 Å². The van der Waals surface area contributed by atoms with E-state index in [-0.39, 0.29) is 5.91 Å². The minimum atomic E-state index is -0.132. The quantitative estimate of drug-likeness (QED) is 0.395. The summed E-state index contributed by atoms with van der Waals surface area (Å²) >= 11 is 0. The first kappa shape index (κ1) is 21.5. The summed E-state index contributed by atoms with van der Waals surface area (Å²) in [5, 5.41) is 3.04. The van der Waals surface area contributed by atoms with Gasteiger partial charge in [-0.05, 0) is 56.5 Å². The molecular formula is C28H31N3O2. The third-order valence-corrected chi connectivity index (χ3v) is 6.62. The van der Waals surface area contributed by atoms with Gasteiger partial charge in [0.25, 0.3) is 5.91 Å². The molecule has 5 nitrogen and oxygen atoms in total. The molecule has 0 unspecified atom stereocenters. The molecule has 1 amide bonds. The van der Waals surface area contributed by atoms with Crippen molar-refractivity contribution in [2.75, 3.05) is 18.4 Å². The minimum Gasteiger partial charge on any atom is -0.458 e. The largest absolute Gasteiger partial charge is 0.458 e. The van der Waals surface area contributed by atoms with Gasteiger partial charge in [0.2, 0.25) is 0 Å². The smallest absolute Gasteiger partial charge is 0.272 e. The molecule has 5 rings (SSSR count). The number of carbonyl (C=O) groups is 1. The van der Waals surface area contributed by atoms with E-state index in [0.29, 0.717) is 12.2 Å². The van der Waals surface area contributed by atoms with Crippen molar-refractivity contribution >= 4 is 22.7 Å². The topological polar surface area (TPSA) is 50.4 Å². The van der Waals surface area contributed by atoms with E-state index >= 15 is 0 Å². The van der Waals surface area contributed by atoms with Crippen LogP contribution >= 0.6 is 0 Å². The fourth-order valence-electron chi connectivity index (χ4n) is 4.57. The molecule has 1 aliphatic rings. The van der Waals surface area contributed by atoms with E-state index < -0.39 is 0 Å². The number of aromatic nitrogens is 1. The van der Waals surface area contributed by atoms with E-state index in [2.05, 4.69) is 39.9 Å². The Labute approximate surface area is 195 Å². The summed E-state index contributed by atoms with van der Waals surface area (Å²) in [7, 11) is 0. The number of nitrogens with one attached hydrogen (secondary N) is 1. The second-order valence-corrected chi connectivity index (χ2v) is 9.34. The average Bonchev–Trinajstić information content (AvgIpc) is 3.36. The Hall–Kier alpha value is -3.31. The highest BCUT2D eigenvalue weighted by Crippen LogP contribution is 2.28. The van der Waals surface area contributed by atoms with Crippen molar-refractivity contribution in [1.29, 1.82) is 0 Å². The van der Waals surface area contributed by atoms with E-state index in [1.54, 1.807) is 0 Å². The highest BCUT2D eigenvalue weighted by molar-refractivity contribution is 6.06. The first-order chi connectivity index (χ1) is 16.0. The molecule has 0 spiro atoms. The normalized spacial score (nSPS) is 15.2. The molecule has 1 fully saturated rings. The highest BCUT2D eigenvalue weighted by atomic mass is 16.3. The van der Waals surface area contributed by atoms with Crippen molar-refractivity contribution in [2.24, 2.45) is 5.92 Å². The summed E-state index contributed by atoms with van der Waals surface area (Å²) in [4.78, 5) is 15.7. The molecule has 4 aromatic rings. The molecule has 1 N–H and O–H groups in total. The molecule has 2 aromatic heterocycles. The molecule has 0 bridgehead atoms. The Morgan fingerprint density at radius 2 is 1.73 bits per heavy atom. The van der Waals surface area contributed by atoms with Crippen LogP contribution in [0.1, 0.15) is 47.1 Å². The maximum absolute atomic E-state index is 13.2. The SMILES string of the molecule is Cc1ccc(NC(=O)c2cc3oc(CN4CCC(C)CC4)cc3n2Cc2ccccc2)cc1. The molecule has 2 aromatic carbocycles. The molecule has 0 radical (unpaired) electrons. The Bertz CT molecular complexity index is 1230. The fraction of sp³-hybridized carbons (Fsp3) is 0.321. The second kappa shape index (κ2) is 9.28. The van der Waals surface area contributed by atoms with Crippen LogP contribution in [0.25, 0.3) is 11.1 Å². The van der Waals surface area contributed by atoms with Gasteiger partial charge in [-0.2, -0.15) is 0 Å². The number of carbonyl (C=O) groups excluding carboxylic acids is 1. The predicted molar refractivity (Wildman–Crippen MR) is 133 cm³/mol. The van der Waals surface area contributed by atoms with Crippen LogP contribution in [0.4, 0.5) is 5.69 Å². The van der Waals surface area contributed by atoms with Gasteiger partial charge >= 0.3 is 0 Å². The van der Waals surface area contributed by atoms with Gasteiger partial charge in [0, 0.05) is 24.4 Å². The van der Waals surface area contributed by atoms with Crippen molar-refractivity contribution in [2.45, 2.75) is 39.8 Å². The number of anilines is 1. The Morgan fingerprint density at radius 3 is 2.45 bits per heavy atom. The van der Waals surface area contributed by atoms with Crippen molar-refractivity contribution in [3.63, 3.8) is 0 Å². The lowest BCUT2D eigenvalue weighted by Crippen LogP contribution is -2.32. The molecule has 170 valence electrons. The molecule has 0 aliphatic carbocycles.